The molecule has 0 radical (unpaired) electrons. The molecule has 5 N–H and O–H groups in total. The Balaban J connectivity index is 2.75. The predicted molar refractivity (Wildman–Crippen MR) is 60.7 cm³/mol. The number of carboxylic acid groups (broad SMARTS) is 1. The van der Waals surface area contributed by atoms with Gasteiger partial charge in [-0.2, -0.15) is 0 Å². The number of amides is 1. The van der Waals surface area contributed by atoms with Crippen LogP contribution in [-0.2, 0) is 14.4 Å². The van der Waals surface area contributed by atoms with E-state index >= 15 is 0 Å². The van der Waals surface area contributed by atoms with Crippen LogP contribution in [0.25, 0.3) is 0 Å². The van der Waals surface area contributed by atoms with Crippen molar-refractivity contribution in [1.82, 2.24) is 5.32 Å². The van der Waals surface area contributed by atoms with Gasteiger partial charge in [0.2, 0.25) is 5.91 Å². The molecule has 18 heavy (non-hydrogen) atoms. The van der Waals surface area contributed by atoms with E-state index in [0.717, 1.165) is 0 Å². The molecule has 0 aliphatic carbocycles. The number of rotatable bonds is 5. The zero-order valence-corrected chi connectivity index (χ0v) is 9.24. The molecule has 0 spiro atoms. The van der Waals surface area contributed by atoms with Gasteiger partial charge in [0.25, 0.3) is 0 Å². The van der Waals surface area contributed by atoms with E-state index in [1.54, 1.807) is 0 Å². The maximum absolute atomic E-state index is 11.6. The fourth-order valence-electron chi connectivity index (χ4n) is 1.23. The highest BCUT2D eigenvalue weighted by Gasteiger charge is 2.23. The van der Waals surface area contributed by atoms with Crippen molar-refractivity contribution in [3.8, 4) is 5.75 Å². The molecule has 1 amide bonds. The lowest BCUT2D eigenvalue weighted by atomic mass is 10.1. The molecular formula is C11H12N2O5. The summed E-state index contributed by atoms with van der Waals surface area (Å²) in [6.45, 7) is 0. The lowest BCUT2D eigenvalue weighted by molar-refractivity contribution is -0.143. The van der Waals surface area contributed by atoms with Crippen molar-refractivity contribution < 1.29 is 24.6 Å². The molecule has 7 nitrogen and oxygen atoms in total. The van der Waals surface area contributed by atoms with Gasteiger partial charge in [-0.3, -0.25) is 4.79 Å². The Morgan fingerprint density at radius 3 is 2.28 bits per heavy atom. The van der Waals surface area contributed by atoms with Crippen molar-refractivity contribution in [3.63, 3.8) is 0 Å². The summed E-state index contributed by atoms with van der Waals surface area (Å²) in [7, 11) is 0. The number of aldehydes is 1. The predicted octanol–water partition coefficient (Wildman–Crippen LogP) is -0.840. The molecule has 0 saturated heterocycles. The minimum absolute atomic E-state index is 0.0164. The second-order valence-electron chi connectivity index (χ2n) is 3.53. The van der Waals surface area contributed by atoms with E-state index in [1.165, 1.54) is 24.3 Å². The molecule has 0 aliphatic heterocycles. The van der Waals surface area contributed by atoms with Gasteiger partial charge in [0, 0.05) is 0 Å². The van der Waals surface area contributed by atoms with Gasteiger partial charge < -0.3 is 26.1 Å². The Labute approximate surface area is 102 Å². The number of nitrogens with one attached hydrogen (secondary N) is 1. The second-order valence-corrected chi connectivity index (χ2v) is 3.53. The van der Waals surface area contributed by atoms with E-state index in [9.17, 15) is 14.4 Å². The third-order valence-electron chi connectivity index (χ3n) is 2.23. The molecule has 96 valence electrons. The summed E-state index contributed by atoms with van der Waals surface area (Å²) in [5.74, 6) is -2.24. The highest BCUT2D eigenvalue weighted by molar-refractivity contribution is 5.96. The fourth-order valence-corrected chi connectivity index (χ4v) is 1.23. The van der Waals surface area contributed by atoms with Gasteiger partial charge in [-0.25, -0.2) is 4.79 Å². The lowest BCUT2D eigenvalue weighted by Crippen LogP contribution is -2.45. The van der Waals surface area contributed by atoms with Crippen LogP contribution in [0, 0.1) is 0 Å². The van der Waals surface area contributed by atoms with Gasteiger partial charge in [-0.15, -0.1) is 0 Å². The molecule has 0 fully saturated rings. The van der Waals surface area contributed by atoms with Crippen LogP contribution in [0.3, 0.4) is 0 Å². The van der Waals surface area contributed by atoms with E-state index in [4.69, 9.17) is 15.9 Å². The van der Waals surface area contributed by atoms with Crippen molar-refractivity contribution in [1.29, 1.82) is 0 Å². The van der Waals surface area contributed by atoms with Crippen LogP contribution in [0.15, 0.2) is 24.3 Å². The first-order valence-electron chi connectivity index (χ1n) is 4.98. The van der Waals surface area contributed by atoms with Crippen molar-refractivity contribution in [2.24, 2.45) is 5.73 Å². The van der Waals surface area contributed by atoms with Gasteiger partial charge in [0.15, 0.2) is 12.3 Å². The van der Waals surface area contributed by atoms with Crippen molar-refractivity contribution in [2.75, 3.05) is 0 Å². The van der Waals surface area contributed by atoms with E-state index in [0.29, 0.717) is 5.56 Å². The van der Waals surface area contributed by atoms with Gasteiger partial charge in [-0.1, -0.05) is 12.1 Å². The van der Waals surface area contributed by atoms with Crippen molar-refractivity contribution in [3.05, 3.63) is 29.8 Å². The highest BCUT2D eigenvalue weighted by atomic mass is 16.4. The van der Waals surface area contributed by atoms with E-state index in [1.807, 2.05) is 5.32 Å². The number of carbonyl (C=O) groups excluding carboxylic acids is 2. The SMILES string of the molecule is NC(C(=O)NC(C=O)C(=O)O)c1ccc(O)cc1. The number of nitrogens with two attached hydrogens (primary N) is 1. The van der Waals surface area contributed by atoms with E-state index < -0.39 is 24.0 Å². The second kappa shape index (κ2) is 5.78. The molecule has 0 saturated carbocycles. The number of carboxylic acids is 1. The largest absolute Gasteiger partial charge is 0.508 e. The summed E-state index contributed by atoms with van der Waals surface area (Å²) >= 11 is 0. The molecule has 0 heterocycles. The highest BCUT2D eigenvalue weighted by Crippen LogP contribution is 2.15. The summed E-state index contributed by atoms with van der Waals surface area (Å²) in [4.78, 5) is 32.5. The van der Waals surface area contributed by atoms with Crippen LogP contribution in [0.4, 0.5) is 0 Å². The smallest absolute Gasteiger partial charge is 0.333 e. The van der Waals surface area contributed by atoms with Gasteiger partial charge >= 0.3 is 5.97 Å². The molecule has 1 rings (SSSR count). The first kappa shape index (κ1) is 13.7. The third-order valence-corrected chi connectivity index (χ3v) is 2.23. The summed E-state index contributed by atoms with van der Waals surface area (Å²) in [5, 5.41) is 19.6. The number of hydrogen-bond donors (Lipinski definition) is 4. The summed E-state index contributed by atoms with van der Waals surface area (Å²) in [6, 6.07) is 2.80. The molecule has 0 bridgehead atoms. The Kier molecular flexibility index (Phi) is 4.39. The van der Waals surface area contributed by atoms with Crippen molar-refractivity contribution >= 4 is 18.2 Å². The molecule has 0 aromatic heterocycles. The molecule has 1 aromatic rings. The van der Waals surface area contributed by atoms with Crippen LogP contribution >= 0.6 is 0 Å². The minimum Gasteiger partial charge on any atom is -0.508 e. The van der Waals surface area contributed by atoms with E-state index in [2.05, 4.69) is 0 Å². The number of aromatic hydroxyl groups is 1. The Morgan fingerprint density at radius 1 is 1.28 bits per heavy atom. The third kappa shape index (κ3) is 3.29. The maximum Gasteiger partial charge on any atom is 0.333 e. The number of phenols is 1. The zero-order valence-electron chi connectivity index (χ0n) is 9.24. The Hall–Kier alpha value is -2.41. The molecule has 1 aromatic carbocycles. The Bertz CT molecular complexity index is 457. The monoisotopic (exact) mass is 252 g/mol. The van der Waals surface area contributed by atoms with Crippen molar-refractivity contribution in [2.45, 2.75) is 12.1 Å². The average Bonchev–Trinajstić information content (AvgIpc) is 2.35. The number of phenolic OH excluding ortho intramolecular Hbond substituents is 1. The summed E-state index contributed by atoms with van der Waals surface area (Å²) in [6.07, 6.45) is 0.101. The lowest BCUT2D eigenvalue weighted by Gasteiger charge is -2.14. The normalized spacial score (nSPS) is 13.4. The number of carbonyl (C=O) groups is 3. The zero-order chi connectivity index (χ0) is 13.7. The standard InChI is InChI=1S/C11H12N2O5/c12-9(6-1-3-7(15)4-2-6)10(16)13-8(5-14)11(17)18/h1-5,8-9,15H,12H2,(H,13,16)(H,17,18). The number of benzene rings is 1. The number of hydrogen-bond acceptors (Lipinski definition) is 5. The fraction of sp³-hybridized carbons (Fsp3) is 0.182. The minimum atomic E-state index is -1.62. The average molecular weight is 252 g/mol. The maximum atomic E-state index is 11.6. The molecule has 2 atom stereocenters. The topological polar surface area (TPSA) is 130 Å². The molecular weight excluding hydrogens is 240 g/mol. The van der Waals surface area contributed by atoms with Gasteiger partial charge in [0.05, 0.1) is 0 Å². The van der Waals surface area contributed by atoms with E-state index in [-0.39, 0.29) is 12.0 Å². The number of aliphatic carboxylic acids is 1. The van der Waals surface area contributed by atoms with Gasteiger partial charge in [-0.05, 0) is 17.7 Å². The van der Waals surface area contributed by atoms with Crippen LogP contribution in [-0.4, -0.2) is 34.4 Å². The quantitative estimate of drug-likeness (QED) is 0.399. The molecule has 0 aliphatic rings. The first-order chi connectivity index (χ1) is 8.45. The first-order valence-corrected chi connectivity index (χ1v) is 4.98. The van der Waals surface area contributed by atoms with Crippen LogP contribution in [0.5, 0.6) is 5.75 Å². The van der Waals surface area contributed by atoms with Crippen LogP contribution in [0.1, 0.15) is 11.6 Å². The summed E-state index contributed by atoms with van der Waals surface area (Å²) < 4.78 is 0. The summed E-state index contributed by atoms with van der Waals surface area (Å²) in [5.41, 5.74) is 5.98. The van der Waals surface area contributed by atoms with Crippen LogP contribution < -0.4 is 11.1 Å². The molecule has 7 heteroatoms. The van der Waals surface area contributed by atoms with Gasteiger partial charge in [0.1, 0.15) is 11.8 Å². The molecule has 2 unspecified atom stereocenters. The van der Waals surface area contributed by atoms with Crippen LogP contribution in [0.2, 0.25) is 0 Å². The Morgan fingerprint density at radius 2 is 1.83 bits per heavy atom.